The monoisotopic (exact) mass is 281 g/mol. The van der Waals surface area contributed by atoms with Gasteiger partial charge in [-0.25, -0.2) is 4.98 Å². The lowest BCUT2D eigenvalue weighted by Crippen LogP contribution is -2.09. The van der Waals surface area contributed by atoms with Crippen molar-refractivity contribution in [3.8, 4) is 11.5 Å². The molecule has 0 N–H and O–H groups in total. The minimum Gasteiger partial charge on any atom is -0.455 e. The van der Waals surface area contributed by atoms with Crippen LogP contribution in [0, 0.1) is 0 Å². The van der Waals surface area contributed by atoms with Crippen LogP contribution in [0.1, 0.15) is 31.0 Å². The van der Waals surface area contributed by atoms with Crippen LogP contribution < -0.4 is 4.74 Å². The van der Waals surface area contributed by atoms with E-state index in [-0.39, 0.29) is 5.75 Å². The van der Waals surface area contributed by atoms with Crippen molar-refractivity contribution in [2.45, 2.75) is 25.9 Å². The lowest BCUT2D eigenvalue weighted by atomic mass is 10.0. The van der Waals surface area contributed by atoms with Gasteiger partial charge in [-0.1, -0.05) is 26.0 Å². The molecule has 0 bridgehead atoms. The number of halogens is 3. The fraction of sp³-hybridized carbons (Fsp3) is 0.267. The molecule has 0 aliphatic heterocycles. The van der Waals surface area contributed by atoms with Gasteiger partial charge in [0, 0.05) is 6.20 Å². The zero-order chi connectivity index (χ0) is 14.8. The first-order valence-corrected chi connectivity index (χ1v) is 6.18. The largest absolute Gasteiger partial charge is 0.455 e. The lowest BCUT2D eigenvalue weighted by Gasteiger charge is -2.13. The Morgan fingerprint density at radius 2 is 1.70 bits per heavy atom. The van der Waals surface area contributed by atoms with Crippen LogP contribution in [0.2, 0.25) is 0 Å². The van der Waals surface area contributed by atoms with Gasteiger partial charge in [-0.15, -0.1) is 0 Å². The highest BCUT2D eigenvalue weighted by molar-refractivity contribution is 5.36. The van der Waals surface area contributed by atoms with E-state index in [9.17, 15) is 13.2 Å². The molecule has 0 aliphatic rings. The summed E-state index contributed by atoms with van der Waals surface area (Å²) in [6, 6.07) is 9.65. The molecule has 2 nitrogen and oxygen atoms in total. The van der Waals surface area contributed by atoms with Gasteiger partial charge in [-0.2, -0.15) is 13.2 Å². The van der Waals surface area contributed by atoms with E-state index in [0.717, 1.165) is 11.8 Å². The first-order chi connectivity index (χ1) is 9.38. The highest BCUT2D eigenvalue weighted by Gasteiger charge is 2.36. The second kappa shape index (κ2) is 5.53. The van der Waals surface area contributed by atoms with E-state index in [1.54, 1.807) is 12.1 Å². The molecule has 0 atom stereocenters. The highest BCUT2D eigenvalue weighted by Crippen LogP contribution is 2.36. The first-order valence-electron chi connectivity index (χ1n) is 6.18. The third-order valence-electron chi connectivity index (χ3n) is 2.81. The summed E-state index contributed by atoms with van der Waals surface area (Å²) in [5, 5.41) is 0. The fourth-order valence-electron chi connectivity index (χ4n) is 1.73. The maximum atomic E-state index is 12.8. The van der Waals surface area contributed by atoms with Crippen molar-refractivity contribution in [1.82, 2.24) is 4.98 Å². The van der Waals surface area contributed by atoms with E-state index in [0.29, 0.717) is 11.7 Å². The molecule has 0 spiro atoms. The van der Waals surface area contributed by atoms with Crippen LogP contribution in [0.3, 0.4) is 0 Å². The molecular formula is C15H14F3NO. The normalized spacial score (nSPS) is 11.7. The molecule has 0 saturated carbocycles. The third-order valence-corrected chi connectivity index (χ3v) is 2.81. The Labute approximate surface area is 115 Å². The Morgan fingerprint density at radius 1 is 1.05 bits per heavy atom. The van der Waals surface area contributed by atoms with Crippen LogP contribution in [0.5, 0.6) is 11.5 Å². The van der Waals surface area contributed by atoms with Crippen LogP contribution in [-0.4, -0.2) is 4.98 Å². The smallest absolute Gasteiger partial charge is 0.437 e. The standard InChI is InChI=1S/C15H14F3NO/c1-10(2)11-5-7-12(8-6-11)20-13-4-3-9-19-14(13)15(16,17)18/h3-10H,1-2H3. The van der Waals surface area contributed by atoms with Crippen LogP contribution in [-0.2, 0) is 6.18 Å². The summed E-state index contributed by atoms with van der Waals surface area (Å²) < 4.78 is 43.6. The van der Waals surface area contributed by atoms with Crippen molar-refractivity contribution >= 4 is 0 Å². The zero-order valence-electron chi connectivity index (χ0n) is 11.1. The molecule has 2 rings (SSSR count). The Kier molecular flexibility index (Phi) is 3.97. The van der Waals surface area contributed by atoms with E-state index >= 15 is 0 Å². The Balaban J connectivity index is 2.26. The van der Waals surface area contributed by atoms with Crippen molar-refractivity contribution in [3.63, 3.8) is 0 Å². The van der Waals surface area contributed by atoms with Gasteiger partial charge in [0.1, 0.15) is 5.75 Å². The van der Waals surface area contributed by atoms with Crippen molar-refractivity contribution in [3.05, 3.63) is 53.9 Å². The maximum Gasteiger partial charge on any atom is 0.437 e. The van der Waals surface area contributed by atoms with Crippen LogP contribution in [0.4, 0.5) is 13.2 Å². The average Bonchev–Trinajstić information content (AvgIpc) is 2.38. The summed E-state index contributed by atoms with van der Waals surface area (Å²) in [5.74, 6) is 0.415. The number of ether oxygens (including phenoxy) is 1. The summed E-state index contributed by atoms with van der Waals surface area (Å²) in [5.41, 5.74) is 0.0764. The second-order valence-corrected chi connectivity index (χ2v) is 4.67. The minimum absolute atomic E-state index is 0.294. The number of aromatic nitrogens is 1. The van der Waals surface area contributed by atoms with E-state index in [1.807, 2.05) is 26.0 Å². The molecule has 5 heteroatoms. The van der Waals surface area contributed by atoms with Gasteiger partial charge in [0.05, 0.1) is 0 Å². The predicted octanol–water partition coefficient (Wildman–Crippen LogP) is 5.02. The SMILES string of the molecule is CC(C)c1ccc(Oc2cccnc2C(F)(F)F)cc1. The molecule has 0 radical (unpaired) electrons. The van der Waals surface area contributed by atoms with Crippen LogP contribution in [0.15, 0.2) is 42.6 Å². The molecule has 20 heavy (non-hydrogen) atoms. The molecule has 0 amide bonds. The molecule has 106 valence electrons. The summed E-state index contributed by atoms with van der Waals surface area (Å²) in [4.78, 5) is 3.34. The number of pyridine rings is 1. The summed E-state index contributed by atoms with van der Waals surface area (Å²) in [7, 11) is 0. The van der Waals surface area contributed by atoms with Crippen molar-refractivity contribution in [1.29, 1.82) is 0 Å². The number of rotatable bonds is 3. The van der Waals surface area contributed by atoms with Gasteiger partial charge in [0.15, 0.2) is 11.4 Å². The molecule has 0 unspecified atom stereocenters. The molecule has 1 aromatic carbocycles. The average molecular weight is 281 g/mol. The molecule has 2 aromatic rings. The molecule has 0 aliphatic carbocycles. The van der Waals surface area contributed by atoms with E-state index in [2.05, 4.69) is 4.98 Å². The number of nitrogens with zero attached hydrogens (tertiary/aromatic N) is 1. The fourth-order valence-corrected chi connectivity index (χ4v) is 1.73. The predicted molar refractivity (Wildman–Crippen MR) is 69.8 cm³/mol. The Hall–Kier alpha value is -2.04. The highest BCUT2D eigenvalue weighted by atomic mass is 19.4. The van der Waals surface area contributed by atoms with Crippen LogP contribution in [0.25, 0.3) is 0 Å². The van der Waals surface area contributed by atoms with Gasteiger partial charge in [0.2, 0.25) is 0 Å². The van der Waals surface area contributed by atoms with Crippen molar-refractivity contribution in [2.24, 2.45) is 0 Å². The van der Waals surface area contributed by atoms with Gasteiger partial charge < -0.3 is 4.74 Å². The van der Waals surface area contributed by atoms with Crippen molar-refractivity contribution in [2.75, 3.05) is 0 Å². The maximum absolute atomic E-state index is 12.8. The number of hydrogen-bond acceptors (Lipinski definition) is 2. The van der Waals surface area contributed by atoms with Gasteiger partial charge in [-0.3, -0.25) is 0 Å². The van der Waals surface area contributed by atoms with Gasteiger partial charge in [-0.05, 0) is 35.7 Å². The van der Waals surface area contributed by atoms with Gasteiger partial charge in [0.25, 0.3) is 0 Å². The number of hydrogen-bond donors (Lipinski definition) is 0. The van der Waals surface area contributed by atoms with E-state index in [1.165, 1.54) is 12.1 Å². The van der Waals surface area contributed by atoms with E-state index in [4.69, 9.17) is 4.74 Å². The quantitative estimate of drug-likeness (QED) is 0.788. The summed E-state index contributed by atoms with van der Waals surface area (Å²) in [6.45, 7) is 4.08. The van der Waals surface area contributed by atoms with E-state index < -0.39 is 11.9 Å². The zero-order valence-corrected chi connectivity index (χ0v) is 11.1. The van der Waals surface area contributed by atoms with Crippen LogP contribution >= 0.6 is 0 Å². The lowest BCUT2D eigenvalue weighted by molar-refractivity contribution is -0.142. The Bertz CT molecular complexity index is 576. The second-order valence-electron chi connectivity index (χ2n) is 4.67. The first kappa shape index (κ1) is 14.4. The summed E-state index contributed by atoms with van der Waals surface area (Å²) in [6.07, 6.45) is -3.44. The molecule has 1 aromatic heterocycles. The van der Waals surface area contributed by atoms with Gasteiger partial charge >= 0.3 is 6.18 Å². The minimum atomic E-state index is -4.53. The molecule has 0 fully saturated rings. The number of benzene rings is 1. The number of alkyl halides is 3. The third kappa shape index (κ3) is 3.29. The molecule has 0 saturated heterocycles. The van der Waals surface area contributed by atoms with Crippen molar-refractivity contribution < 1.29 is 17.9 Å². The topological polar surface area (TPSA) is 22.1 Å². The summed E-state index contributed by atoms with van der Waals surface area (Å²) >= 11 is 0. The molecule has 1 heterocycles. The molecular weight excluding hydrogens is 267 g/mol. The Morgan fingerprint density at radius 3 is 2.25 bits per heavy atom.